The molecule has 1 N–H and O–H groups in total. The standard InChI is InChI=1S/C14H19NO2/c1-11-6-8-15(9-7-11)14(17)10-12-4-2-3-5-13(12)16/h2-5,11,16H,6-10H2,1H3. The molecule has 0 atom stereocenters. The van der Waals surface area contributed by atoms with E-state index >= 15 is 0 Å². The van der Waals surface area contributed by atoms with Crippen LogP contribution in [0, 0.1) is 5.92 Å². The molecule has 0 aromatic heterocycles. The number of carbonyl (C=O) groups is 1. The fourth-order valence-electron chi connectivity index (χ4n) is 2.19. The van der Waals surface area contributed by atoms with Gasteiger partial charge in [-0.1, -0.05) is 25.1 Å². The van der Waals surface area contributed by atoms with Crippen LogP contribution in [0.15, 0.2) is 24.3 Å². The van der Waals surface area contributed by atoms with Crippen molar-refractivity contribution in [1.82, 2.24) is 4.90 Å². The Morgan fingerprint density at radius 2 is 2.00 bits per heavy atom. The molecule has 3 nitrogen and oxygen atoms in total. The fourth-order valence-corrected chi connectivity index (χ4v) is 2.19. The molecule has 1 aromatic carbocycles. The van der Waals surface area contributed by atoms with E-state index in [1.54, 1.807) is 18.2 Å². The van der Waals surface area contributed by atoms with Gasteiger partial charge < -0.3 is 10.0 Å². The highest BCUT2D eigenvalue weighted by Crippen LogP contribution is 2.20. The predicted octanol–water partition coefficient (Wildman–Crippen LogP) is 2.19. The summed E-state index contributed by atoms with van der Waals surface area (Å²) < 4.78 is 0. The first kappa shape index (κ1) is 12.0. The molecule has 17 heavy (non-hydrogen) atoms. The number of carbonyl (C=O) groups excluding carboxylic acids is 1. The van der Waals surface area contributed by atoms with Crippen molar-refractivity contribution in [3.8, 4) is 5.75 Å². The van der Waals surface area contributed by atoms with E-state index in [4.69, 9.17) is 0 Å². The van der Waals surface area contributed by atoms with Gasteiger partial charge in [0.25, 0.3) is 0 Å². The zero-order valence-electron chi connectivity index (χ0n) is 10.2. The topological polar surface area (TPSA) is 40.5 Å². The van der Waals surface area contributed by atoms with Crippen LogP contribution < -0.4 is 0 Å². The minimum atomic E-state index is 0.124. The summed E-state index contributed by atoms with van der Waals surface area (Å²) in [5, 5.41) is 9.63. The van der Waals surface area contributed by atoms with E-state index in [0.717, 1.165) is 37.4 Å². The predicted molar refractivity (Wildman–Crippen MR) is 66.8 cm³/mol. The second-order valence-corrected chi connectivity index (χ2v) is 4.87. The third-order valence-electron chi connectivity index (χ3n) is 3.47. The summed E-state index contributed by atoms with van der Waals surface area (Å²) in [7, 11) is 0. The quantitative estimate of drug-likeness (QED) is 0.850. The van der Waals surface area contributed by atoms with Crippen molar-refractivity contribution in [2.45, 2.75) is 26.2 Å². The van der Waals surface area contributed by atoms with Gasteiger partial charge in [0.1, 0.15) is 5.75 Å². The van der Waals surface area contributed by atoms with Crippen LogP contribution in [0.5, 0.6) is 5.75 Å². The Hall–Kier alpha value is -1.51. The lowest BCUT2D eigenvalue weighted by Gasteiger charge is -2.30. The number of hydrogen-bond acceptors (Lipinski definition) is 2. The highest BCUT2D eigenvalue weighted by molar-refractivity contribution is 5.79. The van der Waals surface area contributed by atoms with Crippen LogP contribution in [-0.2, 0) is 11.2 Å². The Morgan fingerprint density at radius 3 is 2.65 bits per heavy atom. The molecule has 0 aliphatic carbocycles. The molecule has 92 valence electrons. The van der Waals surface area contributed by atoms with Crippen LogP contribution in [0.2, 0.25) is 0 Å². The number of amides is 1. The number of para-hydroxylation sites is 1. The minimum Gasteiger partial charge on any atom is -0.508 e. The van der Waals surface area contributed by atoms with E-state index < -0.39 is 0 Å². The molecule has 1 aliphatic rings. The molecular weight excluding hydrogens is 214 g/mol. The van der Waals surface area contributed by atoms with E-state index in [9.17, 15) is 9.90 Å². The SMILES string of the molecule is CC1CCN(C(=O)Cc2ccccc2O)CC1. The number of phenolic OH excluding ortho intramolecular Hbond substituents is 1. The summed E-state index contributed by atoms with van der Waals surface area (Å²) in [5.41, 5.74) is 0.719. The van der Waals surface area contributed by atoms with Gasteiger partial charge in [-0.2, -0.15) is 0 Å². The molecule has 0 bridgehead atoms. The van der Waals surface area contributed by atoms with E-state index in [1.165, 1.54) is 0 Å². The average Bonchev–Trinajstić information content (AvgIpc) is 2.33. The monoisotopic (exact) mass is 233 g/mol. The van der Waals surface area contributed by atoms with Gasteiger partial charge in [0.05, 0.1) is 6.42 Å². The molecule has 1 amide bonds. The zero-order valence-corrected chi connectivity index (χ0v) is 10.2. The van der Waals surface area contributed by atoms with Crippen LogP contribution in [0.1, 0.15) is 25.3 Å². The van der Waals surface area contributed by atoms with Gasteiger partial charge in [-0.3, -0.25) is 4.79 Å². The molecule has 0 unspecified atom stereocenters. The summed E-state index contributed by atoms with van der Waals surface area (Å²) >= 11 is 0. The van der Waals surface area contributed by atoms with Crippen LogP contribution in [0.4, 0.5) is 0 Å². The number of benzene rings is 1. The highest BCUT2D eigenvalue weighted by atomic mass is 16.3. The minimum absolute atomic E-state index is 0.124. The molecule has 0 radical (unpaired) electrons. The molecule has 3 heteroatoms. The number of hydrogen-bond donors (Lipinski definition) is 1. The first-order valence-electron chi connectivity index (χ1n) is 6.21. The van der Waals surface area contributed by atoms with Crippen molar-refractivity contribution in [2.75, 3.05) is 13.1 Å². The molecule has 1 fully saturated rings. The number of nitrogens with zero attached hydrogens (tertiary/aromatic N) is 1. The van der Waals surface area contributed by atoms with Crippen molar-refractivity contribution < 1.29 is 9.90 Å². The Morgan fingerprint density at radius 1 is 1.35 bits per heavy atom. The van der Waals surface area contributed by atoms with Gasteiger partial charge in [-0.25, -0.2) is 0 Å². The van der Waals surface area contributed by atoms with Crippen molar-refractivity contribution in [2.24, 2.45) is 5.92 Å². The molecular formula is C14H19NO2. The van der Waals surface area contributed by atoms with E-state index in [2.05, 4.69) is 6.92 Å². The third kappa shape index (κ3) is 2.99. The summed E-state index contributed by atoms with van der Waals surface area (Å²) in [4.78, 5) is 14.0. The maximum absolute atomic E-state index is 12.0. The largest absolute Gasteiger partial charge is 0.508 e. The molecule has 1 heterocycles. The molecule has 0 saturated carbocycles. The second kappa shape index (κ2) is 5.21. The number of phenols is 1. The van der Waals surface area contributed by atoms with Gasteiger partial charge in [-0.05, 0) is 24.8 Å². The number of piperidine rings is 1. The van der Waals surface area contributed by atoms with Crippen LogP contribution in [0.3, 0.4) is 0 Å². The van der Waals surface area contributed by atoms with Gasteiger partial charge in [0.2, 0.25) is 5.91 Å². The maximum Gasteiger partial charge on any atom is 0.227 e. The van der Waals surface area contributed by atoms with Crippen LogP contribution in [0.25, 0.3) is 0 Å². The molecule has 1 saturated heterocycles. The number of aromatic hydroxyl groups is 1. The van der Waals surface area contributed by atoms with Gasteiger partial charge in [0.15, 0.2) is 0 Å². The molecule has 1 aromatic rings. The molecule has 1 aliphatic heterocycles. The normalized spacial score (nSPS) is 17.1. The summed E-state index contributed by atoms with van der Waals surface area (Å²) in [6.45, 7) is 3.94. The lowest BCUT2D eigenvalue weighted by atomic mass is 9.98. The summed E-state index contributed by atoms with van der Waals surface area (Å²) in [6, 6.07) is 7.05. The zero-order chi connectivity index (χ0) is 12.3. The van der Waals surface area contributed by atoms with Crippen molar-refractivity contribution in [1.29, 1.82) is 0 Å². The van der Waals surface area contributed by atoms with Gasteiger partial charge in [0, 0.05) is 18.7 Å². The van der Waals surface area contributed by atoms with Crippen molar-refractivity contribution in [3.05, 3.63) is 29.8 Å². The van der Waals surface area contributed by atoms with Crippen molar-refractivity contribution in [3.63, 3.8) is 0 Å². The number of likely N-dealkylation sites (tertiary alicyclic amines) is 1. The Bertz CT molecular complexity index is 395. The first-order valence-corrected chi connectivity index (χ1v) is 6.21. The van der Waals surface area contributed by atoms with E-state index in [-0.39, 0.29) is 11.7 Å². The molecule has 2 rings (SSSR count). The summed E-state index contributed by atoms with van der Waals surface area (Å²) in [5.74, 6) is 1.06. The third-order valence-corrected chi connectivity index (χ3v) is 3.47. The fraction of sp³-hybridized carbons (Fsp3) is 0.500. The van der Waals surface area contributed by atoms with Gasteiger partial charge in [-0.15, -0.1) is 0 Å². The highest BCUT2D eigenvalue weighted by Gasteiger charge is 2.20. The lowest BCUT2D eigenvalue weighted by molar-refractivity contribution is -0.131. The van der Waals surface area contributed by atoms with Crippen LogP contribution >= 0.6 is 0 Å². The smallest absolute Gasteiger partial charge is 0.227 e. The van der Waals surface area contributed by atoms with Gasteiger partial charge >= 0.3 is 0 Å². The van der Waals surface area contributed by atoms with E-state index in [1.807, 2.05) is 11.0 Å². The van der Waals surface area contributed by atoms with Crippen LogP contribution in [-0.4, -0.2) is 29.0 Å². The Labute approximate surface area is 102 Å². The van der Waals surface area contributed by atoms with E-state index in [0.29, 0.717) is 6.42 Å². The lowest BCUT2D eigenvalue weighted by Crippen LogP contribution is -2.38. The van der Waals surface area contributed by atoms with Crippen molar-refractivity contribution >= 4 is 5.91 Å². The Kier molecular flexibility index (Phi) is 3.67. The summed E-state index contributed by atoms with van der Waals surface area (Å²) in [6.07, 6.45) is 2.49. The maximum atomic E-state index is 12.0. The number of rotatable bonds is 2. The first-order chi connectivity index (χ1) is 8.16. The average molecular weight is 233 g/mol. The molecule has 0 spiro atoms. The second-order valence-electron chi connectivity index (χ2n) is 4.87. The Balaban J connectivity index is 1.95.